The molecule has 0 aliphatic heterocycles. The Morgan fingerprint density at radius 3 is 2.81 bits per heavy atom. The number of nitrogens with zero attached hydrogens (tertiary/aromatic N) is 2. The third kappa shape index (κ3) is 3.61. The van der Waals surface area contributed by atoms with Crippen molar-refractivity contribution in [2.75, 3.05) is 6.54 Å². The van der Waals surface area contributed by atoms with Gasteiger partial charge in [-0.3, -0.25) is 4.68 Å². The van der Waals surface area contributed by atoms with Crippen molar-refractivity contribution in [3.8, 4) is 0 Å². The monoisotopic (exact) mass is 311 g/mol. The second-order valence-electron chi connectivity index (χ2n) is 4.86. The molecule has 1 unspecified atom stereocenters. The van der Waals surface area contributed by atoms with Crippen LogP contribution in [0.25, 0.3) is 0 Å². The van der Waals surface area contributed by atoms with Gasteiger partial charge in [0.25, 0.3) is 0 Å². The molecule has 2 rings (SSSR count). The molecule has 1 heterocycles. The Hall–Kier alpha value is -1.43. The van der Waals surface area contributed by atoms with Gasteiger partial charge in [0.15, 0.2) is 0 Å². The summed E-state index contributed by atoms with van der Waals surface area (Å²) in [6.45, 7) is 2.74. The zero-order valence-electron chi connectivity index (χ0n) is 12.1. The van der Waals surface area contributed by atoms with Crippen LogP contribution in [0.5, 0.6) is 0 Å². The van der Waals surface area contributed by atoms with Gasteiger partial charge in [-0.2, -0.15) is 5.10 Å². The van der Waals surface area contributed by atoms with Crippen LogP contribution < -0.4 is 5.32 Å². The summed E-state index contributed by atoms with van der Waals surface area (Å²) in [5.41, 5.74) is 2.13. The van der Waals surface area contributed by atoms with E-state index in [1.165, 1.54) is 6.07 Å². The molecule has 1 aromatic heterocycles. The van der Waals surface area contributed by atoms with Crippen LogP contribution in [0.3, 0.4) is 0 Å². The molecule has 0 aliphatic rings. The third-order valence-corrected chi connectivity index (χ3v) is 3.86. The minimum absolute atomic E-state index is 0.245. The van der Waals surface area contributed by atoms with E-state index >= 15 is 0 Å². The Morgan fingerprint density at radius 2 is 2.14 bits per heavy atom. The third-order valence-electron chi connectivity index (χ3n) is 3.39. The molecule has 0 bridgehead atoms. The lowest BCUT2D eigenvalue weighted by Crippen LogP contribution is -2.22. The number of benzene rings is 1. The van der Waals surface area contributed by atoms with Gasteiger partial charge in [0.1, 0.15) is 11.0 Å². The topological polar surface area (TPSA) is 50.1 Å². The Morgan fingerprint density at radius 1 is 1.43 bits per heavy atom. The van der Waals surface area contributed by atoms with Crippen molar-refractivity contribution in [1.82, 2.24) is 15.1 Å². The van der Waals surface area contributed by atoms with Crippen LogP contribution in [0.4, 0.5) is 4.39 Å². The maximum absolute atomic E-state index is 13.6. The number of aliphatic hydroxyl groups excluding tert-OH is 1. The van der Waals surface area contributed by atoms with E-state index in [1.54, 1.807) is 29.9 Å². The molecule has 0 fully saturated rings. The van der Waals surface area contributed by atoms with Gasteiger partial charge < -0.3 is 10.4 Å². The van der Waals surface area contributed by atoms with Gasteiger partial charge in [0.05, 0.1) is 11.8 Å². The largest absolute Gasteiger partial charge is 0.387 e. The molecule has 2 aromatic rings. The average molecular weight is 312 g/mol. The van der Waals surface area contributed by atoms with Crippen LogP contribution in [0, 0.1) is 5.82 Å². The van der Waals surface area contributed by atoms with E-state index in [9.17, 15) is 9.50 Å². The fourth-order valence-electron chi connectivity index (χ4n) is 2.25. The van der Waals surface area contributed by atoms with Crippen LogP contribution in [0.1, 0.15) is 29.8 Å². The molecular weight excluding hydrogens is 293 g/mol. The van der Waals surface area contributed by atoms with Crippen molar-refractivity contribution in [3.05, 3.63) is 52.1 Å². The minimum atomic E-state index is -0.897. The van der Waals surface area contributed by atoms with E-state index in [0.29, 0.717) is 11.7 Å². The van der Waals surface area contributed by atoms with Crippen LogP contribution in [-0.2, 0) is 20.0 Å². The minimum Gasteiger partial charge on any atom is -0.387 e. The molecule has 21 heavy (non-hydrogen) atoms. The molecule has 114 valence electrons. The Bertz CT molecular complexity index is 615. The zero-order chi connectivity index (χ0) is 15.4. The summed E-state index contributed by atoms with van der Waals surface area (Å²) < 4.78 is 15.2. The second kappa shape index (κ2) is 7.02. The molecule has 2 N–H and O–H groups in total. The van der Waals surface area contributed by atoms with Crippen molar-refractivity contribution in [3.63, 3.8) is 0 Å². The van der Waals surface area contributed by atoms with E-state index in [4.69, 9.17) is 11.6 Å². The fraction of sp³-hybridized carbons (Fsp3) is 0.400. The zero-order valence-corrected chi connectivity index (χ0v) is 12.9. The Kier molecular flexibility index (Phi) is 5.33. The molecule has 0 aliphatic carbocycles. The quantitative estimate of drug-likeness (QED) is 0.862. The lowest BCUT2D eigenvalue weighted by atomic mass is 10.1. The lowest BCUT2D eigenvalue weighted by molar-refractivity contribution is 0.169. The summed E-state index contributed by atoms with van der Waals surface area (Å²) in [7, 11) is 1.79. The van der Waals surface area contributed by atoms with Gasteiger partial charge in [-0.1, -0.05) is 36.7 Å². The second-order valence-corrected chi connectivity index (χ2v) is 5.22. The van der Waals surface area contributed by atoms with Gasteiger partial charge in [0, 0.05) is 31.3 Å². The number of aryl methyl sites for hydroxylation is 2. The first-order valence-corrected chi connectivity index (χ1v) is 7.25. The molecule has 0 saturated carbocycles. The molecule has 0 radical (unpaired) electrons. The predicted molar refractivity (Wildman–Crippen MR) is 80.7 cm³/mol. The highest BCUT2D eigenvalue weighted by atomic mass is 35.5. The highest BCUT2D eigenvalue weighted by molar-refractivity contribution is 6.30. The summed E-state index contributed by atoms with van der Waals surface area (Å²) >= 11 is 6.19. The van der Waals surface area contributed by atoms with E-state index < -0.39 is 11.9 Å². The molecule has 6 heteroatoms. The van der Waals surface area contributed by atoms with Crippen LogP contribution in [0.15, 0.2) is 24.3 Å². The van der Waals surface area contributed by atoms with Gasteiger partial charge in [-0.15, -0.1) is 0 Å². The number of hydrogen-bond acceptors (Lipinski definition) is 3. The molecule has 1 atom stereocenters. The number of rotatable bonds is 6. The maximum atomic E-state index is 13.6. The van der Waals surface area contributed by atoms with Crippen LogP contribution >= 0.6 is 11.6 Å². The van der Waals surface area contributed by atoms with Crippen molar-refractivity contribution in [1.29, 1.82) is 0 Å². The normalized spacial score (nSPS) is 12.6. The van der Waals surface area contributed by atoms with Crippen LogP contribution in [-0.4, -0.2) is 21.4 Å². The van der Waals surface area contributed by atoms with Crippen molar-refractivity contribution >= 4 is 11.6 Å². The van der Waals surface area contributed by atoms with Gasteiger partial charge in [-0.25, -0.2) is 4.39 Å². The molecule has 0 amide bonds. The van der Waals surface area contributed by atoms with Gasteiger partial charge in [-0.05, 0) is 12.5 Å². The lowest BCUT2D eigenvalue weighted by Gasteiger charge is -2.13. The van der Waals surface area contributed by atoms with Crippen LogP contribution in [0.2, 0.25) is 5.15 Å². The number of halogens is 2. The maximum Gasteiger partial charge on any atom is 0.131 e. The summed E-state index contributed by atoms with van der Waals surface area (Å²) in [6, 6.07) is 6.22. The van der Waals surface area contributed by atoms with Crippen molar-refractivity contribution in [2.45, 2.75) is 26.0 Å². The first kappa shape index (κ1) is 15.9. The summed E-state index contributed by atoms with van der Waals surface area (Å²) in [6.07, 6.45) is -0.111. The first-order chi connectivity index (χ1) is 10.0. The van der Waals surface area contributed by atoms with Crippen molar-refractivity contribution in [2.24, 2.45) is 7.05 Å². The summed E-state index contributed by atoms with van der Waals surface area (Å²) in [4.78, 5) is 0. The molecule has 0 saturated heterocycles. The Labute approximate surface area is 128 Å². The smallest absolute Gasteiger partial charge is 0.131 e. The number of nitrogens with one attached hydrogen (secondary N) is 1. The number of hydrogen-bond donors (Lipinski definition) is 2. The fourth-order valence-corrected chi connectivity index (χ4v) is 2.46. The SMILES string of the molecule is CCc1nn(C)c(Cl)c1CNCC(O)c1ccccc1F. The van der Waals surface area contributed by atoms with Crippen molar-refractivity contribution < 1.29 is 9.50 Å². The van der Waals surface area contributed by atoms with E-state index in [2.05, 4.69) is 10.4 Å². The molecular formula is C15H19ClFN3O. The van der Waals surface area contributed by atoms with E-state index in [-0.39, 0.29) is 12.1 Å². The predicted octanol–water partition coefficient (Wildman–Crippen LogP) is 2.60. The molecule has 4 nitrogen and oxygen atoms in total. The standard InChI is InChI=1S/C15H19ClFN3O/c1-3-13-11(15(16)20(2)19-13)8-18-9-14(21)10-6-4-5-7-12(10)17/h4-7,14,18,21H,3,8-9H2,1-2H3. The summed E-state index contributed by atoms with van der Waals surface area (Å²) in [5, 5.41) is 18.0. The first-order valence-electron chi connectivity index (χ1n) is 6.88. The molecule has 1 aromatic carbocycles. The van der Waals surface area contributed by atoms with E-state index in [0.717, 1.165) is 17.7 Å². The molecule has 0 spiro atoms. The highest BCUT2D eigenvalue weighted by Crippen LogP contribution is 2.20. The number of aliphatic hydroxyl groups is 1. The highest BCUT2D eigenvalue weighted by Gasteiger charge is 2.15. The average Bonchev–Trinajstić information content (AvgIpc) is 2.75. The Balaban J connectivity index is 1.97. The van der Waals surface area contributed by atoms with E-state index in [1.807, 2.05) is 6.92 Å². The number of aromatic nitrogens is 2. The van der Waals surface area contributed by atoms with Gasteiger partial charge in [0.2, 0.25) is 0 Å². The van der Waals surface area contributed by atoms with Gasteiger partial charge >= 0.3 is 0 Å². The summed E-state index contributed by atoms with van der Waals surface area (Å²) in [5.74, 6) is -0.402.